The van der Waals surface area contributed by atoms with Gasteiger partial charge in [0, 0.05) is 24.5 Å². The maximum absolute atomic E-state index is 12.6. The highest BCUT2D eigenvalue weighted by Gasteiger charge is 2.32. The molecule has 0 saturated heterocycles. The summed E-state index contributed by atoms with van der Waals surface area (Å²) in [5.41, 5.74) is 4.59. The molecule has 0 saturated carbocycles. The second-order valence-electron chi connectivity index (χ2n) is 8.19. The molecule has 0 unspecified atom stereocenters. The van der Waals surface area contributed by atoms with Crippen LogP contribution in [0.15, 0.2) is 60.7 Å². The van der Waals surface area contributed by atoms with Gasteiger partial charge in [-0.3, -0.25) is 0 Å². The molecule has 0 aromatic heterocycles. The zero-order valence-electron chi connectivity index (χ0n) is 16.2. The molecule has 2 aromatic carbocycles. The molecular formula is C22H25BN2O2. The van der Waals surface area contributed by atoms with Gasteiger partial charge in [0.2, 0.25) is 0 Å². The molecule has 0 N–H and O–H groups in total. The Bertz CT molecular complexity index is 842. The van der Waals surface area contributed by atoms with Crippen molar-refractivity contribution < 1.29 is 9.53 Å². The van der Waals surface area contributed by atoms with Crippen LogP contribution in [-0.2, 0) is 4.74 Å². The minimum absolute atomic E-state index is 0.0777. The van der Waals surface area contributed by atoms with Crippen molar-refractivity contribution in [3.05, 3.63) is 60.7 Å². The first-order valence-corrected chi connectivity index (χ1v) is 9.52. The van der Waals surface area contributed by atoms with E-state index in [9.17, 15) is 4.79 Å². The molecule has 0 aliphatic carbocycles. The summed E-state index contributed by atoms with van der Waals surface area (Å²) in [6.07, 6.45) is 4.02. The van der Waals surface area contributed by atoms with Crippen LogP contribution in [0.2, 0.25) is 0 Å². The molecule has 2 aliphatic rings. The molecule has 1 amide bonds. The molecule has 4 rings (SSSR count). The van der Waals surface area contributed by atoms with E-state index in [1.54, 1.807) is 4.90 Å². The summed E-state index contributed by atoms with van der Waals surface area (Å²) in [6.45, 7) is 6.90. The predicted octanol–water partition coefficient (Wildman–Crippen LogP) is 2.70. The van der Waals surface area contributed by atoms with Crippen LogP contribution in [0.25, 0.3) is 0 Å². The van der Waals surface area contributed by atoms with Crippen molar-refractivity contribution in [1.82, 2.24) is 4.90 Å². The van der Waals surface area contributed by atoms with Crippen molar-refractivity contribution >= 4 is 35.7 Å². The number of anilines is 2. The van der Waals surface area contributed by atoms with Crippen LogP contribution >= 0.6 is 0 Å². The van der Waals surface area contributed by atoms with Gasteiger partial charge in [0.05, 0.1) is 6.04 Å². The van der Waals surface area contributed by atoms with E-state index in [2.05, 4.69) is 65.6 Å². The van der Waals surface area contributed by atoms with E-state index in [4.69, 9.17) is 4.74 Å². The van der Waals surface area contributed by atoms with E-state index >= 15 is 0 Å². The quantitative estimate of drug-likeness (QED) is 0.579. The lowest BCUT2D eigenvalue weighted by Gasteiger charge is -2.41. The number of hydrogen-bond acceptors (Lipinski definition) is 3. The second-order valence-corrected chi connectivity index (χ2v) is 8.19. The molecule has 5 heteroatoms. The van der Waals surface area contributed by atoms with Crippen LogP contribution in [0.1, 0.15) is 20.8 Å². The average Bonchev–Trinajstić information content (AvgIpc) is 2.65. The number of hydrogen-bond donors (Lipinski definition) is 0. The normalized spacial score (nSPS) is 18.4. The van der Waals surface area contributed by atoms with Gasteiger partial charge in [0.1, 0.15) is 5.60 Å². The number of ether oxygens (including phenoxy) is 1. The highest BCUT2D eigenvalue weighted by Crippen LogP contribution is 2.30. The summed E-state index contributed by atoms with van der Waals surface area (Å²) in [6, 6.07) is 17.2. The number of fused-ring (bicyclic) bond motifs is 2. The SMILES string of the molecule is CC(C)(C)OC(=O)N1CC=C[C@@H](N2c3ccccc3Bc3ccccc32)C1. The van der Waals surface area contributed by atoms with Gasteiger partial charge in [-0.2, -0.15) is 0 Å². The molecule has 2 heterocycles. The summed E-state index contributed by atoms with van der Waals surface area (Å²) < 4.78 is 5.59. The van der Waals surface area contributed by atoms with E-state index in [0.29, 0.717) is 13.1 Å². The first-order valence-electron chi connectivity index (χ1n) is 9.52. The first kappa shape index (κ1) is 17.7. The molecule has 0 radical (unpaired) electrons. The Morgan fingerprint density at radius 3 is 2.22 bits per heavy atom. The number of rotatable bonds is 1. The fourth-order valence-electron chi connectivity index (χ4n) is 3.83. The zero-order chi connectivity index (χ0) is 19.0. The monoisotopic (exact) mass is 360 g/mol. The van der Waals surface area contributed by atoms with Crippen LogP contribution in [0.3, 0.4) is 0 Å². The number of benzene rings is 2. The average molecular weight is 360 g/mol. The Labute approximate surface area is 161 Å². The lowest BCUT2D eigenvalue weighted by atomic mass is 9.60. The highest BCUT2D eigenvalue weighted by atomic mass is 16.6. The third-order valence-corrected chi connectivity index (χ3v) is 4.96. The molecule has 0 bridgehead atoms. The van der Waals surface area contributed by atoms with E-state index in [-0.39, 0.29) is 12.1 Å². The molecular weight excluding hydrogens is 335 g/mol. The van der Waals surface area contributed by atoms with Crippen LogP contribution in [0, 0.1) is 0 Å². The number of para-hydroxylation sites is 2. The minimum atomic E-state index is -0.488. The third kappa shape index (κ3) is 3.59. The fourth-order valence-corrected chi connectivity index (χ4v) is 3.83. The first-order chi connectivity index (χ1) is 12.9. The molecule has 1 atom stereocenters. The standard InChI is InChI=1S/C22H25BN2O2/c1-22(2,3)27-21(26)24-14-8-9-16(15-24)25-19-12-6-4-10-17(19)23-18-11-5-7-13-20(18)25/h4-13,16,23H,14-15H2,1-3H3/t16-/m1/s1. The molecule has 138 valence electrons. The van der Waals surface area contributed by atoms with E-state index < -0.39 is 5.60 Å². The topological polar surface area (TPSA) is 32.8 Å². The van der Waals surface area contributed by atoms with Gasteiger partial charge in [-0.1, -0.05) is 59.5 Å². The van der Waals surface area contributed by atoms with Crippen molar-refractivity contribution in [2.45, 2.75) is 32.4 Å². The fraction of sp³-hybridized carbons (Fsp3) is 0.318. The number of carbonyl (C=O) groups is 1. The molecule has 2 aliphatic heterocycles. The Balaban J connectivity index is 1.66. The van der Waals surface area contributed by atoms with Crippen LogP contribution in [0.5, 0.6) is 0 Å². The van der Waals surface area contributed by atoms with Gasteiger partial charge >= 0.3 is 6.09 Å². The molecule has 0 fully saturated rings. The summed E-state index contributed by atoms with van der Waals surface area (Å²) in [4.78, 5) is 16.7. The Hall–Kier alpha value is -2.69. The molecule has 4 nitrogen and oxygen atoms in total. The van der Waals surface area contributed by atoms with Gasteiger partial charge in [-0.15, -0.1) is 0 Å². The minimum Gasteiger partial charge on any atom is -0.444 e. The number of nitrogens with zero attached hydrogens (tertiary/aromatic N) is 2. The van der Waals surface area contributed by atoms with Gasteiger partial charge in [0.25, 0.3) is 0 Å². The lowest BCUT2D eigenvalue weighted by Crippen LogP contribution is -2.52. The summed E-state index contributed by atoms with van der Waals surface area (Å²) in [7, 11) is 0.940. The van der Waals surface area contributed by atoms with Gasteiger partial charge < -0.3 is 14.5 Å². The second kappa shape index (κ2) is 6.80. The van der Waals surface area contributed by atoms with Crippen molar-refractivity contribution in [2.24, 2.45) is 0 Å². The highest BCUT2D eigenvalue weighted by molar-refractivity contribution is 6.71. The summed E-state index contributed by atoms with van der Waals surface area (Å²) in [5, 5.41) is 0. The van der Waals surface area contributed by atoms with Crippen molar-refractivity contribution in [3.63, 3.8) is 0 Å². The van der Waals surface area contributed by atoms with E-state index in [1.807, 2.05) is 20.8 Å². The van der Waals surface area contributed by atoms with E-state index in [1.165, 1.54) is 22.3 Å². The number of amides is 1. The van der Waals surface area contributed by atoms with E-state index in [0.717, 1.165) is 7.28 Å². The van der Waals surface area contributed by atoms with Crippen molar-refractivity contribution in [1.29, 1.82) is 0 Å². The smallest absolute Gasteiger partial charge is 0.410 e. The Morgan fingerprint density at radius 1 is 1.04 bits per heavy atom. The Morgan fingerprint density at radius 2 is 1.63 bits per heavy atom. The molecule has 2 aromatic rings. The van der Waals surface area contributed by atoms with Crippen molar-refractivity contribution in [2.75, 3.05) is 18.0 Å². The molecule has 0 spiro atoms. The Kier molecular flexibility index (Phi) is 4.46. The van der Waals surface area contributed by atoms with Gasteiger partial charge in [0.15, 0.2) is 7.28 Å². The predicted molar refractivity (Wildman–Crippen MR) is 112 cm³/mol. The number of carbonyl (C=O) groups excluding carboxylic acids is 1. The lowest BCUT2D eigenvalue weighted by molar-refractivity contribution is 0.0260. The maximum Gasteiger partial charge on any atom is 0.410 e. The van der Waals surface area contributed by atoms with Crippen molar-refractivity contribution in [3.8, 4) is 0 Å². The zero-order valence-corrected chi connectivity index (χ0v) is 16.2. The van der Waals surface area contributed by atoms with Crippen LogP contribution in [-0.4, -0.2) is 43.0 Å². The van der Waals surface area contributed by atoms with Gasteiger partial charge in [-0.05, 0) is 32.9 Å². The summed E-state index contributed by atoms with van der Waals surface area (Å²) in [5.74, 6) is 0. The van der Waals surface area contributed by atoms with Crippen LogP contribution in [0.4, 0.5) is 16.2 Å². The largest absolute Gasteiger partial charge is 0.444 e. The molecule has 27 heavy (non-hydrogen) atoms. The van der Waals surface area contributed by atoms with Crippen LogP contribution < -0.4 is 15.8 Å². The third-order valence-electron chi connectivity index (χ3n) is 4.96. The summed E-state index contributed by atoms with van der Waals surface area (Å²) >= 11 is 0. The maximum atomic E-state index is 12.6. The van der Waals surface area contributed by atoms with Gasteiger partial charge in [-0.25, -0.2) is 4.79 Å².